The molecular weight excluding hydrogens is 128 g/mol. The van der Waals surface area contributed by atoms with Crippen molar-refractivity contribution in [3.05, 3.63) is 6.61 Å². The fourth-order valence-corrected chi connectivity index (χ4v) is 1.45. The van der Waals surface area contributed by atoms with Gasteiger partial charge in [-0.05, 0) is 0 Å². The molecule has 2 radical (unpaired) electrons. The Morgan fingerprint density at radius 1 is 1.50 bits per heavy atom. The van der Waals surface area contributed by atoms with Crippen LogP contribution in [0.5, 0.6) is 0 Å². The quantitative estimate of drug-likeness (QED) is 0.483. The van der Waals surface area contributed by atoms with Crippen molar-refractivity contribution in [3.8, 4) is 0 Å². The van der Waals surface area contributed by atoms with Crippen molar-refractivity contribution < 1.29 is 4.74 Å². The molecule has 0 aliphatic carbocycles. The summed E-state index contributed by atoms with van der Waals surface area (Å²) in [6, 6.07) is 0.405. The van der Waals surface area contributed by atoms with Crippen LogP contribution in [-0.2, 0) is 4.74 Å². The van der Waals surface area contributed by atoms with Crippen molar-refractivity contribution in [1.29, 1.82) is 0 Å². The maximum Gasteiger partial charge on any atom is 0.152 e. The molecule has 3 nitrogen and oxygen atoms in total. The maximum absolute atomic E-state index is 5.11. The van der Waals surface area contributed by atoms with Crippen molar-refractivity contribution >= 4 is 0 Å². The lowest BCUT2D eigenvalue weighted by Crippen LogP contribution is -2.54. The molecular formula is C7H12N2O. The second-order valence-electron chi connectivity index (χ2n) is 2.72. The second-order valence-corrected chi connectivity index (χ2v) is 2.72. The standard InChI is InChI=1S/C7H12N2O/c1-2-9-3-4-10-6-7(9)5-8-1/h7-8H,1-5H2. The van der Waals surface area contributed by atoms with Crippen LogP contribution < -0.4 is 5.32 Å². The minimum atomic E-state index is 0.405. The van der Waals surface area contributed by atoms with Crippen LogP contribution in [-0.4, -0.2) is 43.7 Å². The Kier molecular flexibility index (Phi) is 1.88. The van der Waals surface area contributed by atoms with Gasteiger partial charge < -0.3 is 10.1 Å². The summed E-state index contributed by atoms with van der Waals surface area (Å²) in [6.45, 7) is 8.12. The van der Waals surface area contributed by atoms with Crippen LogP contribution in [0.1, 0.15) is 0 Å². The number of nitrogens with zero attached hydrogens (tertiary/aromatic N) is 1. The molecule has 3 heteroatoms. The van der Waals surface area contributed by atoms with E-state index in [1.807, 2.05) is 0 Å². The molecule has 0 aromatic carbocycles. The number of piperazine rings is 1. The predicted molar refractivity (Wildman–Crippen MR) is 37.4 cm³/mol. The third-order valence-electron chi connectivity index (χ3n) is 2.05. The molecule has 10 heavy (non-hydrogen) atoms. The zero-order valence-electron chi connectivity index (χ0n) is 5.97. The Balaban J connectivity index is 1.93. The van der Waals surface area contributed by atoms with E-state index >= 15 is 0 Å². The van der Waals surface area contributed by atoms with Crippen molar-refractivity contribution in [2.24, 2.45) is 0 Å². The van der Waals surface area contributed by atoms with Gasteiger partial charge in [-0.1, -0.05) is 0 Å². The number of fused-ring (bicyclic) bond motifs is 1. The summed E-state index contributed by atoms with van der Waals surface area (Å²) in [5.74, 6) is 0. The number of hydrogen-bond acceptors (Lipinski definition) is 3. The van der Waals surface area contributed by atoms with E-state index in [2.05, 4.69) is 16.8 Å². The van der Waals surface area contributed by atoms with Crippen LogP contribution in [0.15, 0.2) is 0 Å². The Morgan fingerprint density at radius 2 is 2.50 bits per heavy atom. The first-order valence-corrected chi connectivity index (χ1v) is 3.79. The van der Waals surface area contributed by atoms with Crippen LogP contribution >= 0.6 is 0 Å². The van der Waals surface area contributed by atoms with E-state index in [1.165, 1.54) is 0 Å². The normalized spacial score (nSPS) is 35.4. The van der Waals surface area contributed by atoms with Gasteiger partial charge in [0, 0.05) is 26.2 Å². The molecule has 2 saturated heterocycles. The summed E-state index contributed by atoms with van der Waals surface area (Å²) in [5, 5.41) is 3.30. The average molecular weight is 140 g/mol. The highest BCUT2D eigenvalue weighted by atomic mass is 16.5. The minimum absolute atomic E-state index is 0.405. The van der Waals surface area contributed by atoms with Crippen LogP contribution in [0.3, 0.4) is 0 Å². The third kappa shape index (κ3) is 1.17. The number of hydrogen-bond donors (Lipinski definition) is 1. The zero-order valence-corrected chi connectivity index (χ0v) is 5.97. The van der Waals surface area contributed by atoms with Gasteiger partial charge >= 0.3 is 0 Å². The molecule has 0 bridgehead atoms. The van der Waals surface area contributed by atoms with Gasteiger partial charge in [0.05, 0.1) is 12.6 Å². The van der Waals surface area contributed by atoms with Crippen LogP contribution in [0, 0.1) is 6.61 Å². The molecule has 2 aliphatic heterocycles. The van der Waals surface area contributed by atoms with Crippen molar-refractivity contribution in [2.75, 3.05) is 32.8 Å². The molecule has 0 saturated carbocycles. The minimum Gasteiger partial charge on any atom is -0.366 e. The largest absolute Gasteiger partial charge is 0.366 e. The average Bonchev–Trinajstić information content (AvgIpc) is 2.05. The monoisotopic (exact) mass is 140 g/mol. The Hall–Kier alpha value is -0.120. The topological polar surface area (TPSA) is 24.5 Å². The predicted octanol–water partition coefficient (Wildman–Crippen LogP) is -0.671. The van der Waals surface area contributed by atoms with Gasteiger partial charge in [0.15, 0.2) is 6.61 Å². The molecule has 0 aromatic rings. The lowest BCUT2D eigenvalue weighted by molar-refractivity contribution is 0.0279. The fourth-order valence-electron chi connectivity index (χ4n) is 1.45. The summed E-state index contributed by atoms with van der Waals surface area (Å²) in [7, 11) is 0. The highest BCUT2D eigenvalue weighted by Gasteiger charge is 2.25. The van der Waals surface area contributed by atoms with Gasteiger partial charge in [0.2, 0.25) is 0 Å². The van der Waals surface area contributed by atoms with Gasteiger partial charge in [0.1, 0.15) is 0 Å². The Labute approximate surface area is 61.3 Å². The highest BCUT2D eigenvalue weighted by Crippen LogP contribution is 2.10. The molecule has 1 atom stereocenters. The molecule has 2 aliphatic rings. The van der Waals surface area contributed by atoms with Crippen molar-refractivity contribution in [2.45, 2.75) is 6.04 Å². The summed E-state index contributed by atoms with van der Waals surface area (Å²) in [4.78, 5) is 2.40. The molecule has 2 rings (SSSR count). The summed E-state index contributed by atoms with van der Waals surface area (Å²) in [5.41, 5.74) is 0. The lowest BCUT2D eigenvalue weighted by Gasteiger charge is -2.38. The van der Waals surface area contributed by atoms with Crippen molar-refractivity contribution in [3.63, 3.8) is 0 Å². The number of rotatable bonds is 0. The first-order chi connectivity index (χ1) is 4.97. The van der Waals surface area contributed by atoms with Crippen LogP contribution in [0.4, 0.5) is 0 Å². The van der Waals surface area contributed by atoms with Gasteiger partial charge in [-0.25, -0.2) is 0 Å². The van der Waals surface area contributed by atoms with E-state index in [1.54, 1.807) is 0 Å². The first-order valence-electron chi connectivity index (χ1n) is 3.79. The van der Waals surface area contributed by atoms with Gasteiger partial charge in [-0.2, -0.15) is 0 Å². The SMILES string of the molecule is [C]1OCCN2CCNCC12. The van der Waals surface area contributed by atoms with Crippen LogP contribution in [0.25, 0.3) is 0 Å². The second kappa shape index (κ2) is 2.86. The van der Waals surface area contributed by atoms with Crippen molar-refractivity contribution in [1.82, 2.24) is 10.2 Å². The highest BCUT2D eigenvalue weighted by molar-refractivity contribution is 4.88. The molecule has 2 heterocycles. The smallest absolute Gasteiger partial charge is 0.152 e. The fraction of sp³-hybridized carbons (Fsp3) is 0.857. The zero-order chi connectivity index (χ0) is 6.81. The van der Waals surface area contributed by atoms with E-state index in [0.29, 0.717) is 6.04 Å². The molecule has 2 fully saturated rings. The lowest BCUT2D eigenvalue weighted by atomic mass is 10.2. The van der Waals surface area contributed by atoms with Gasteiger partial charge in [-0.3, -0.25) is 4.90 Å². The first kappa shape index (κ1) is 6.58. The van der Waals surface area contributed by atoms with E-state index in [-0.39, 0.29) is 0 Å². The number of nitrogens with one attached hydrogen (secondary N) is 1. The van der Waals surface area contributed by atoms with E-state index in [0.717, 1.165) is 32.8 Å². The third-order valence-corrected chi connectivity index (χ3v) is 2.05. The molecule has 0 aromatic heterocycles. The number of morpholine rings is 1. The Morgan fingerprint density at radius 3 is 3.40 bits per heavy atom. The molecule has 1 N–H and O–H groups in total. The van der Waals surface area contributed by atoms with E-state index < -0.39 is 0 Å². The molecule has 0 amide bonds. The maximum atomic E-state index is 5.11. The molecule has 56 valence electrons. The van der Waals surface area contributed by atoms with E-state index in [4.69, 9.17) is 4.74 Å². The molecule has 1 unspecified atom stereocenters. The van der Waals surface area contributed by atoms with Gasteiger partial charge in [-0.15, -0.1) is 0 Å². The summed E-state index contributed by atoms with van der Waals surface area (Å²) >= 11 is 0. The van der Waals surface area contributed by atoms with E-state index in [9.17, 15) is 0 Å². The summed E-state index contributed by atoms with van der Waals surface area (Å²) in [6.07, 6.45) is 0. The van der Waals surface area contributed by atoms with Gasteiger partial charge in [0.25, 0.3) is 0 Å². The number of ether oxygens (including phenoxy) is 1. The summed E-state index contributed by atoms with van der Waals surface area (Å²) < 4.78 is 5.11. The molecule has 0 spiro atoms. The Bertz CT molecular complexity index is 92.2. The van der Waals surface area contributed by atoms with Crippen LogP contribution in [0.2, 0.25) is 0 Å².